The van der Waals surface area contributed by atoms with E-state index in [2.05, 4.69) is 118 Å². The molecule has 0 radical (unpaired) electrons. The molecule has 5 nitrogen and oxygen atoms in total. The number of fused-ring (bicyclic) bond motifs is 3. The Morgan fingerprint density at radius 3 is 2.54 bits per heavy atom. The van der Waals surface area contributed by atoms with Crippen molar-refractivity contribution in [3.05, 3.63) is 119 Å². The number of ether oxygens (including phenoxy) is 1. The number of rotatable bonds is 7. The molecule has 3 aromatic heterocycles. The van der Waals surface area contributed by atoms with Crippen molar-refractivity contribution in [1.82, 2.24) is 19.3 Å². The summed E-state index contributed by atoms with van der Waals surface area (Å²) in [4.78, 5) is 4.72. The molecule has 46 heavy (non-hydrogen) atoms. The van der Waals surface area contributed by atoms with Crippen LogP contribution in [0.5, 0.6) is 11.5 Å². The number of hydrogen-bond donors (Lipinski definition) is 0. The Labute approximate surface area is 286 Å². The quantitative estimate of drug-likeness (QED) is 0.120. The van der Waals surface area contributed by atoms with Gasteiger partial charge in [0.25, 0.3) is 0 Å². The fourth-order valence-corrected chi connectivity index (χ4v) is 7.29. The standard InChI is InChI=1S/C40H40N4O.Pt/c1-7-11-30-21-31(44-29(6)40(28(5)42-44)39-26(3)12-10-13-27(39)4)23-33(22-30)45-32-16-17-35-34-14-8-9-15-36(34)43(37(35)24-32)38-20-25(2)18-19-41-38;/h8-9,12,14-22,27,39H,7,10-11,13H2,1-6H3;/q-2;+2/t27-,39?;/m0./s1. The molecule has 3 aromatic carbocycles. The van der Waals surface area contributed by atoms with Crippen LogP contribution < -0.4 is 4.74 Å². The van der Waals surface area contributed by atoms with Crippen LogP contribution in [0.1, 0.15) is 74.0 Å². The van der Waals surface area contributed by atoms with E-state index in [0.29, 0.717) is 23.3 Å². The first kappa shape index (κ1) is 32.0. The zero-order chi connectivity index (χ0) is 31.2. The van der Waals surface area contributed by atoms with Gasteiger partial charge in [0.1, 0.15) is 5.82 Å². The number of para-hydroxylation sites is 1. The molecule has 1 aliphatic carbocycles. The smallest absolute Gasteiger partial charge is 0.509 e. The van der Waals surface area contributed by atoms with Gasteiger partial charge in [-0.3, -0.25) is 4.68 Å². The van der Waals surface area contributed by atoms with Crippen LogP contribution in [0.15, 0.2) is 78.5 Å². The number of hydrogen-bond acceptors (Lipinski definition) is 3. The van der Waals surface area contributed by atoms with E-state index in [0.717, 1.165) is 63.8 Å². The molecule has 236 valence electrons. The van der Waals surface area contributed by atoms with Gasteiger partial charge in [0.15, 0.2) is 0 Å². The summed E-state index contributed by atoms with van der Waals surface area (Å²) in [5, 5.41) is 7.35. The monoisotopic (exact) mass is 787 g/mol. The number of aryl methyl sites for hydroxylation is 3. The molecule has 1 aliphatic rings. The van der Waals surface area contributed by atoms with Gasteiger partial charge in [-0.05, 0) is 81.3 Å². The molecular formula is C40H40N4OPt. The molecule has 1 unspecified atom stereocenters. The fourth-order valence-electron chi connectivity index (χ4n) is 7.29. The molecule has 0 fully saturated rings. The van der Waals surface area contributed by atoms with Gasteiger partial charge in [-0.1, -0.05) is 62.1 Å². The van der Waals surface area contributed by atoms with Crippen LogP contribution in [-0.2, 0) is 27.5 Å². The van der Waals surface area contributed by atoms with Crippen LogP contribution in [0.2, 0.25) is 0 Å². The van der Waals surface area contributed by atoms with Gasteiger partial charge < -0.3 is 9.30 Å². The number of benzene rings is 3. The number of aromatic nitrogens is 4. The Hall–Kier alpha value is -3.95. The molecule has 0 saturated heterocycles. The zero-order valence-electron chi connectivity index (χ0n) is 27.4. The average Bonchev–Trinajstić information content (AvgIpc) is 3.50. The molecule has 6 aromatic rings. The van der Waals surface area contributed by atoms with Gasteiger partial charge in [-0.15, -0.1) is 35.7 Å². The summed E-state index contributed by atoms with van der Waals surface area (Å²) in [7, 11) is 0. The van der Waals surface area contributed by atoms with Gasteiger partial charge >= 0.3 is 21.1 Å². The second kappa shape index (κ2) is 13.0. The third-order valence-corrected chi connectivity index (χ3v) is 9.37. The summed E-state index contributed by atoms with van der Waals surface area (Å²) < 4.78 is 10.8. The van der Waals surface area contributed by atoms with Crippen LogP contribution in [0.25, 0.3) is 33.3 Å². The van der Waals surface area contributed by atoms with Crippen LogP contribution in [-0.4, -0.2) is 19.3 Å². The summed E-state index contributed by atoms with van der Waals surface area (Å²) in [5.41, 5.74) is 10.4. The predicted molar refractivity (Wildman–Crippen MR) is 183 cm³/mol. The number of nitrogens with zero attached hydrogens (tertiary/aromatic N) is 4. The van der Waals surface area contributed by atoms with Crippen molar-refractivity contribution < 1.29 is 25.8 Å². The molecule has 6 heteroatoms. The minimum absolute atomic E-state index is 0. The third-order valence-electron chi connectivity index (χ3n) is 9.37. The van der Waals surface area contributed by atoms with E-state index < -0.39 is 0 Å². The number of pyridine rings is 1. The Morgan fingerprint density at radius 1 is 0.935 bits per heavy atom. The second-order valence-corrected chi connectivity index (χ2v) is 12.7. The first-order valence-corrected chi connectivity index (χ1v) is 16.2. The zero-order valence-corrected chi connectivity index (χ0v) is 29.7. The summed E-state index contributed by atoms with van der Waals surface area (Å²) in [5.74, 6) is 3.17. The first-order valence-electron chi connectivity index (χ1n) is 16.2. The van der Waals surface area contributed by atoms with E-state index in [-0.39, 0.29) is 21.1 Å². The summed E-state index contributed by atoms with van der Waals surface area (Å²) in [6, 6.07) is 28.2. The molecule has 2 atom stereocenters. The molecular weight excluding hydrogens is 748 g/mol. The van der Waals surface area contributed by atoms with Gasteiger partial charge in [0.2, 0.25) is 0 Å². The van der Waals surface area contributed by atoms with Gasteiger partial charge in [-0.2, -0.15) is 16.7 Å². The summed E-state index contributed by atoms with van der Waals surface area (Å²) >= 11 is 0. The largest absolute Gasteiger partial charge is 2.00 e. The summed E-state index contributed by atoms with van der Waals surface area (Å²) in [6.07, 6.45) is 8.62. The first-order chi connectivity index (χ1) is 21.8. The van der Waals surface area contributed by atoms with Crippen LogP contribution >= 0.6 is 0 Å². The van der Waals surface area contributed by atoms with E-state index in [4.69, 9.17) is 14.8 Å². The average molecular weight is 788 g/mol. The third kappa shape index (κ3) is 5.75. The fraction of sp³-hybridized carbons (Fsp3) is 0.300. The minimum Gasteiger partial charge on any atom is -0.509 e. The van der Waals surface area contributed by atoms with Crippen LogP contribution in [0, 0.1) is 38.8 Å². The van der Waals surface area contributed by atoms with Gasteiger partial charge in [0, 0.05) is 40.4 Å². The molecule has 0 N–H and O–H groups in total. The molecule has 0 saturated carbocycles. The Kier molecular flexibility index (Phi) is 9.08. The van der Waals surface area contributed by atoms with Crippen molar-refractivity contribution in [3.63, 3.8) is 0 Å². The molecule has 0 amide bonds. The van der Waals surface area contributed by atoms with Crippen molar-refractivity contribution in [2.75, 3.05) is 0 Å². The second-order valence-electron chi connectivity index (χ2n) is 12.7. The van der Waals surface area contributed by atoms with Gasteiger partial charge in [0.05, 0.1) is 5.69 Å². The maximum absolute atomic E-state index is 6.58. The molecule has 0 spiro atoms. The van der Waals surface area contributed by atoms with Gasteiger partial charge in [-0.25, -0.2) is 4.98 Å². The topological polar surface area (TPSA) is 44.9 Å². The van der Waals surface area contributed by atoms with Crippen molar-refractivity contribution in [1.29, 1.82) is 0 Å². The molecule has 0 aliphatic heterocycles. The predicted octanol–water partition coefficient (Wildman–Crippen LogP) is 10.1. The molecule has 0 bridgehead atoms. The van der Waals surface area contributed by atoms with Crippen LogP contribution in [0.3, 0.4) is 0 Å². The molecule has 3 heterocycles. The van der Waals surface area contributed by atoms with E-state index in [1.165, 1.54) is 28.8 Å². The SMILES string of the molecule is CCCc1cc(Oc2[c-]c3c(cc2)c2ccccc2n3-c2cc(C)ccn2)[c-]c(-n2nc(C)c(C3C(C)=CCC[C@@H]3C)c2C)c1.[Pt+2]. The minimum atomic E-state index is 0. The van der Waals surface area contributed by atoms with Crippen molar-refractivity contribution in [2.24, 2.45) is 5.92 Å². The maximum Gasteiger partial charge on any atom is 2.00 e. The number of allylic oxidation sites excluding steroid dienone is 2. The van der Waals surface area contributed by atoms with E-state index in [1.807, 2.05) is 18.3 Å². The van der Waals surface area contributed by atoms with Crippen LogP contribution in [0.4, 0.5) is 0 Å². The van der Waals surface area contributed by atoms with E-state index in [9.17, 15) is 0 Å². The van der Waals surface area contributed by atoms with Crippen molar-refractivity contribution in [3.8, 4) is 23.0 Å². The van der Waals surface area contributed by atoms with Crippen molar-refractivity contribution in [2.45, 2.75) is 73.1 Å². The maximum atomic E-state index is 6.58. The van der Waals surface area contributed by atoms with E-state index >= 15 is 0 Å². The van der Waals surface area contributed by atoms with Crippen molar-refractivity contribution >= 4 is 21.8 Å². The Bertz CT molecular complexity index is 2080. The Balaban J connectivity index is 0.00000372. The normalized spacial score (nSPS) is 16.4. The summed E-state index contributed by atoms with van der Waals surface area (Å²) in [6.45, 7) is 13.3. The Morgan fingerprint density at radius 2 is 1.76 bits per heavy atom. The molecule has 7 rings (SSSR count). The van der Waals surface area contributed by atoms with E-state index in [1.54, 1.807) is 0 Å².